The quantitative estimate of drug-likeness (QED) is 0.862. The first kappa shape index (κ1) is 10.1. The van der Waals surface area contributed by atoms with E-state index in [-0.39, 0.29) is 0 Å². The fourth-order valence-corrected chi connectivity index (χ4v) is 2.12. The molecule has 2 aromatic heterocycles. The molecule has 2 aromatic rings. The van der Waals surface area contributed by atoms with E-state index < -0.39 is 0 Å². The largest absolute Gasteiger partial charge is 0.370 e. The van der Waals surface area contributed by atoms with Crippen molar-refractivity contribution in [2.45, 2.75) is 13.8 Å². The Morgan fingerprint density at radius 3 is 2.87 bits per heavy atom. The number of rotatable bonds is 3. The molecular formula is C11H13N3S. The second kappa shape index (κ2) is 4.40. The van der Waals surface area contributed by atoms with E-state index in [1.165, 1.54) is 4.88 Å². The number of aryl methyl sites for hydroxylation is 1. The summed E-state index contributed by atoms with van der Waals surface area (Å²) in [5.74, 6) is 1.68. The Labute approximate surface area is 93.2 Å². The molecule has 0 aliphatic rings. The van der Waals surface area contributed by atoms with Crippen LogP contribution in [0.5, 0.6) is 0 Å². The second-order valence-electron chi connectivity index (χ2n) is 3.21. The average Bonchev–Trinajstić information content (AvgIpc) is 2.66. The smallest absolute Gasteiger partial charge is 0.171 e. The molecule has 0 bridgehead atoms. The molecule has 0 unspecified atom stereocenters. The highest BCUT2D eigenvalue weighted by molar-refractivity contribution is 7.15. The van der Waals surface area contributed by atoms with E-state index in [0.29, 0.717) is 0 Å². The summed E-state index contributed by atoms with van der Waals surface area (Å²) >= 11 is 1.71. The summed E-state index contributed by atoms with van der Waals surface area (Å²) in [4.78, 5) is 11.1. The molecule has 0 spiro atoms. The zero-order valence-electron chi connectivity index (χ0n) is 8.82. The summed E-state index contributed by atoms with van der Waals surface area (Å²) in [6, 6.07) is 6.03. The van der Waals surface area contributed by atoms with Crippen molar-refractivity contribution in [3.05, 3.63) is 29.3 Å². The van der Waals surface area contributed by atoms with Crippen molar-refractivity contribution in [1.82, 2.24) is 9.97 Å². The molecule has 0 saturated carbocycles. The van der Waals surface area contributed by atoms with Gasteiger partial charge in [0.25, 0.3) is 0 Å². The fraction of sp³-hybridized carbons (Fsp3) is 0.273. The summed E-state index contributed by atoms with van der Waals surface area (Å²) in [7, 11) is 0. The Morgan fingerprint density at radius 1 is 1.33 bits per heavy atom. The van der Waals surface area contributed by atoms with Gasteiger partial charge in [0.2, 0.25) is 0 Å². The maximum atomic E-state index is 4.43. The summed E-state index contributed by atoms with van der Waals surface area (Å²) in [5, 5.41) is 3.18. The maximum Gasteiger partial charge on any atom is 0.171 e. The first-order valence-corrected chi connectivity index (χ1v) is 5.75. The first-order valence-electron chi connectivity index (χ1n) is 4.93. The molecule has 1 N–H and O–H groups in total. The zero-order chi connectivity index (χ0) is 10.7. The predicted octanol–water partition coefficient (Wildman–Crippen LogP) is 2.95. The lowest BCUT2D eigenvalue weighted by Crippen LogP contribution is -2.00. The molecule has 0 radical (unpaired) electrons. The molecule has 0 fully saturated rings. The van der Waals surface area contributed by atoms with E-state index in [1.807, 2.05) is 6.07 Å². The second-order valence-corrected chi connectivity index (χ2v) is 4.49. The topological polar surface area (TPSA) is 37.8 Å². The molecule has 0 aliphatic heterocycles. The van der Waals surface area contributed by atoms with E-state index in [2.05, 4.69) is 41.3 Å². The summed E-state index contributed by atoms with van der Waals surface area (Å²) in [6.45, 7) is 5.01. The average molecular weight is 219 g/mol. The van der Waals surface area contributed by atoms with Crippen LogP contribution < -0.4 is 5.32 Å². The third kappa shape index (κ3) is 2.33. The molecule has 0 saturated heterocycles. The van der Waals surface area contributed by atoms with Crippen molar-refractivity contribution in [2.24, 2.45) is 0 Å². The van der Waals surface area contributed by atoms with Crippen LogP contribution in [0.25, 0.3) is 10.7 Å². The lowest BCUT2D eigenvalue weighted by molar-refractivity contribution is 1.12. The van der Waals surface area contributed by atoms with Gasteiger partial charge in [-0.15, -0.1) is 11.3 Å². The van der Waals surface area contributed by atoms with Gasteiger partial charge in [-0.05, 0) is 32.0 Å². The molecule has 2 rings (SSSR count). The SMILES string of the molecule is CCNc1ccnc(-c2ccc(C)s2)n1. The predicted molar refractivity (Wildman–Crippen MR) is 64.2 cm³/mol. The monoisotopic (exact) mass is 219 g/mol. The van der Waals surface area contributed by atoms with Gasteiger partial charge in [-0.1, -0.05) is 0 Å². The normalized spacial score (nSPS) is 10.3. The van der Waals surface area contributed by atoms with E-state index in [4.69, 9.17) is 0 Å². The molecule has 0 aromatic carbocycles. The van der Waals surface area contributed by atoms with Crippen molar-refractivity contribution >= 4 is 17.2 Å². The standard InChI is InChI=1S/C11H13N3S/c1-3-12-10-6-7-13-11(14-10)9-5-4-8(2)15-9/h4-7H,3H2,1-2H3,(H,12,13,14). The molecule has 0 atom stereocenters. The molecule has 3 nitrogen and oxygen atoms in total. The van der Waals surface area contributed by atoms with Gasteiger partial charge in [0.05, 0.1) is 4.88 Å². The van der Waals surface area contributed by atoms with Gasteiger partial charge in [-0.3, -0.25) is 0 Å². The Bertz CT molecular complexity index is 451. The van der Waals surface area contributed by atoms with E-state index >= 15 is 0 Å². The first-order chi connectivity index (χ1) is 7.29. The number of nitrogens with one attached hydrogen (secondary N) is 1. The van der Waals surface area contributed by atoms with E-state index in [1.54, 1.807) is 17.5 Å². The Kier molecular flexibility index (Phi) is 2.97. The molecule has 2 heterocycles. The lowest BCUT2D eigenvalue weighted by atomic mass is 10.4. The highest BCUT2D eigenvalue weighted by Gasteiger charge is 2.04. The van der Waals surface area contributed by atoms with Crippen molar-refractivity contribution < 1.29 is 0 Å². The minimum atomic E-state index is 0.798. The molecule has 0 amide bonds. The Morgan fingerprint density at radius 2 is 2.20 bits per heavy atom. The van der Waals surface area contributed by atoms with E-state index in [0.717, 1.165) is 23.1 Å². The van der Waals surface area contributed by atoms with Gasteiger partial charge in [-0.25, -0.2) is 9.97 Å². The van der Waals surface area contributed by atoms with Gasteiger partial charge >= 0.3 is 0 Å². The molecule has 15 heavy (non-hydrogen) atoms. The Hall–Kier alpha value is -1.42. The summed E-state index contributed by atoms with van der Waals surface area (Å²) in [5.41, 5.74) is 0. The van der Waals surface area contributed by atoms with Crippen LogP contribution in [0, 0.1) is 6.92 Å². The van der Waals surface area contributed by atoms with Crippen molar-refractivity contribution in [3.63, 3.8) is 0 Å². The summed E-state index contributed by atoms with van der Waals surface area (Å²) in [6.07, 6.45) is 1.79. The van der Waals surface area contributed by atoms with Crippen LogP contribution in [0.1, 0.15) is 11.8 Å². The maximum absolute atomic E-state index is 4.43. The van der Waals surface area contributed by atoms with Crippen LogP contribution in [-0.4, -0.2) is 16.5 Å². The highest BCUT2D eigenvalue weighted by Crippen LogP contribution is 2.24. The number of hydrogen-bond acceptors (Lipinski definition) is 4. The van der Waals surface area contributed by atoms with Crippen molar-refractivity contribution in [1.29, 1.82) is 0 Å². The summed E-state index contributed by atoms with van der Waals surface area (Å²) < 4.78 is 0. The molecule has 78 valence electrons. The number of anilines is 1. The van der Waals surface area contributed by atoms with Crippen molar-refractivity contribution in [2.75, 3.05) is 11.9 Å². The molecule has 0 aliphatic carbocycles. The van der Waals surface area contributed by atoms with Gasteiger partial charge in [0.1, 0.15) is 5.82 Å². The number of aromatic nitrogens is 2. The van der Waals surface area contributed by atoms with Gasteiger partial charge in [-0.2, -0.15) is 0 Å². The van der Waals surface area contributed by atoms with Crippen LogP contribution in [-0.2, 0) is 0 Å². The minimum Gasteiger partial charge on any atom is -0.370 e. The number of nitrogens with zero attached hydrogens (tertiary/aromatic N) is 2. The highest BCUT2D eigenvalue weighted by atomic mass is 32.1. The zero-order valence-corrected chi connectivity index (χ0v) is 9.64. The number of hydrogen-bond donors (Lipinski definition) is 1. The van der Waals surface area contributed by atoms with E-state index in [9.17, 15) is 0 Å². The Balaban J connectivity index is 2.32. The van der Waals surface area contributed by atoms with Crippen molar-refractivity contribution in [3.8, 4) is 10.7 Å². The van der Waals surface area contributed by atoms with Crippen LogP contribution in [0.15, 0.2) is 24.4 Å². The molecular weight excluding hydrogens is 206 g/mol. The fourth-order valence-electron chi connectivity index (χ4n) is 1.31. The third-order valence-corrected chi connectivity index (χ3v) is 2.97. The van der Waals surface area contributed by atoms with Crippen LogP contribution in [0.3, 0.4) is 0 Å². The number of thiophene rings is 1. The van der Waals surface area contributed by atoms with Crippen LogP contribution >= 0.6 is 11.3 Å². The third-order valence-electron chi connectivity index (χ3n) is 1.97. The van der Waals surface area contributed by atoms with Crippen LogP contribution in [0.4, 0.5) is 5.82 Å². The van der Waals surface area contributed by atoms with Crippen LogP contribution in [0.2, 0.25) is 0 Å². The van der Waals surface area contributed by atoms with Gasteiger partial charge < -0.3 is 5.32 Å². The minimum absolute atomic E-state index is 0.798. The van der Waals surface area contributed by atoms with Gasteiger partial charge in [0.15, 0.2) is 5.82 Å². The lowest BCUT2D eigenvalue weighted by Gasteiger charge is -2.02. The van der Waals surface area contributed by atoms with Gasteiger partial charge in [0, 0.05) is 17.6 Å². The molecule has 4 heteroatoms.